The van der Waals surface area contributed by atoms with Crippen molar-refractivity contribution in [2.45, 2.75) is 18.0 Å². The number of urea groups is 1. The van der Waals surface area contributed by atoms with Crippen LogP contribution in [0.4, 0.5) is 16.2 Å². The van der Waals surface area contributed by atoms with Gasteiger partial charge in [0, 0.05) is 17.8 Å². The monoisotopic (exact) mass is 665 g/mol. The number of esters is 2. The molecule has 0 spiro atoms. The number of methoxy groups -OCH3 is 2. The van der Waals surface area contributed by atoms with Crippen LogP contribution in [0, 0.1) is 0 Å². The molecule has 2 heterocycles. The molecule has 2 amide bonds. The first kappa shape index (κ1) is 33.5. The normalized spacial score (nSPS) is 11.7. The highest BCUT2D eigenvalue weighted by Crippen LogP contribution is 2.38. The van der Waals surface area contributed by atoms with Gasteiger partial charge in [0.25, 0.3) is 0 Å². The molecule has 1 unspecified atom stereocenters. The first-order chi connectivity index (χ1) is 24.4. The standard InChI is InChI=1S/C40H35N5O5/c1-49-37(46)32-22-24-41-26-35(32)44-39(48)43-33-21-20-27(31-19-12-23-42-36(31)33)25-34(38(47)50-2)45-40(28-13-6-3-7-14-28,29-15-8-4-9-16-29)30-17-10-5-11-18-30/h3-24,26,34,45H,25H2,1-2H3,(H2,43,44,48). The van der Waals surface area contributed by atoms with E-state index in [0.717, 1.165) is 27.6 Å². The number of amides is 2. The number of rotatable bonds is 11. The van der Waals surface area contributed by atoms with Gasteiger partial charge in [0.05, 0.1) is 48.4 Å². The number of aromatic nitrogens is 2. The molecule has 0 saturated heterocycles. The number of fused-ring (bicyclic) bond motifs is 1. The summed E-state index contributed by atoms with van der Waals surface area (Å²) < 4.78 is 10.2. The number of hydrogen-bond donors (Lipinski definition) is 3. The lowest BCUT2D eigenvalue weighted by atomic mass is 9.76. The van der Waals surface area contributed by atoms with Crippen molar-refractivity contribution in [1.29, 1.82) is 0 Å². The Kier molecular flexibility index (Phi) is 10.2. The zero-order valence-electron chi connectivity index (χ0n) is 27.5. The summed E-state index contributed by atoms with van der Waals surface area (Å²) in [6.45, 7) is 0. The minimum Gasteiger partial charge on any atom is -0.468 e. The van der Waals surface area contributed by atoms with Gasteiger partial charge in [0.15, 0.2) is 0 Å². The minimum atomic E-state index is -0.925. The molecule has 0 bridgehead atoms. The molecule has 6 rings (SSSR count). The van der Waals surface area contributed by atoms with Gasteiger partial charge in [-0.3, -0.25) is 20.1 Å². The fourth-order valence-electron chi connectivity index (χ4n) is 6.20. The number of anilines is 2. The van der Waals surface area contributed by atoms with Crippen molar-refractivity contribution in [3.05, 3.63) is 168 Å². The molecule has 1 atom stereocenters. The van der Waals surface area contributed by atoms with Crippen LogP contribution < -0.4 is 16.0 Å². The van der Waals surface area contributed by atoms with E-state index in [1.165, 1.54) is 32.7 Å². The van der Waals surface area contributed by atoms with Crippen molar-refractivity contribution in [1.82, 2.24) is 15.3 Å². The smallest absolute Gasteiger partial charge is 0.340 e. The molecule has 0 fully saturated rings. The van der Waals surface area contributed by atoms with Crippen LogP contribution in [0.2, 0.25) is 0 Å². The summed E-state index contributed by atoms with van der Waals surface area (Å²) in [7, 11) is 2.64. The second-order valence-corrected chi connectivity index (χ2v) is 11.4. The summed E-state index contributed by atoms with van der Waals surface area (Å²) in [6, 6.07) is 37.4. The number of pyridine rings is 2. The van der Waals surface area contributed by atoms with E-state index in [0.29, 0.717) is 11.2 Å². The maximum atomic E-state index is 13.7. The second kappa shape index (κ2) is 15.2. The second-order valence-electron chi connectivity index (χ2n) is 11.4. The quantitative estimate of drug-likeness (QED) is 0.103. The molecule has 2 aromatic heterocycles. The Balaban J connectivity index is 1.37. The number of nitrogens with zero attached hydrogens (tertiary/aromatic N) is 2. The SMILES string of the molecule is COC(=O)c1ccncc1NC(=O)Nc1ccc(CC(NC(c2ccccc2)(c2ccccc2)c2ccccc2)C(=O)OC)c2cccnc12. The third-order valence-electron chi connectivity index (χ3n) is 8.50. The third-order valence-corrected chi connectivity index (χ3v) is 8.50. The Morgan fingerprint density at radius 1 is 0.680 bits per heavy atom. The number of benzene rings is 4. The molecule has 250 valence electrons. The fourth-order valence-corrected chi connectivity index (χ4v) is 6.20. The third kappa shape index (κ3) is 6.92. The van der Waals surface area contributed by atoms with E-state index < -0.39 is 29.6 Å². The van der Waals surface area contributed by atoms with Gasteiger partial charge in [-0.05, 0) is 46.9 Å². The van der Waals surface area contributed by atoms with E-state index in [1.54, 1.807) is 18.3 Å². The number of hydrogen-bond acceptors (Lipinski definition) is 8. The van der Waals surface area contributed by atoms with Gasteiger partial charge >= 0.3 is 18.0 Å². The first-order valence-electron chi connectivity index (χ1n) is 15.9. The molecule has 50 heavy (non-hydrogen) atoms. The van der Waals surface area contributed by atoms with Crippen molar-refractivity contribution in [3.8, 4) is 0 Å². The van der Waals surface area contributed by atoms with Gasteiger partial charge in [-0.2, -0.15) is 0 Å². The van der Waals surface area contributed by atoms with Gasteiger partial charge in [-0.15, -0.1) is 0 Å². The molecule has 0 aliphatic rings. The van der Waals surface area contributed by atoms with Gasteiger partial charge < -0.3 is 20.1 Å². The maximum absolute atomic E-state index is 13.7. The molecule has 0 saturated carbocycles. The van der Waals surface area contributed by atoms with Crippen molar-refractivity contribution < 1.29 is 23.9 Å². The van der Waals surface area contributed by atoms with Crippen molar-refractivity contribution in [2.75, 3.05) is 24.9 Å². The van der Waals surface area contributed by atoms with Gasteiger partial charge in [0.1, 0.15) is 6.04 Å². The molecule has 4 aromatic carbocycles. The van der Waals surface area contributed by atoms with E-state index >= 15 is 0 Å². The van der Waals surface area contributed by atoms with Crippen LogP contribution in [0.5, 0.6) is 0 Å². The van der Waals surface area contributed by atoms with E-state index in [4.69, 9.17) is 9.47 Å². The van der Waals surface area contributed by atoms with Crippen LogP contribution in [0.3, 0.4) is 0 Å². The minimum absolute atomic E-state index is 0.162. The topological polar surface area (TPSA) is 132 Å². The molecular weight excluding hydrogens is 630 g/mol. The number of ether oxygens (including phenoxy) is 2. The summed E-state index contributed by atoms with van der Waals surface area (Å²) in [5, 5.41) is 10.00. The Labute approximate surface area is 289 Å². The van der Waals surface area contributed by atoms with Crippen LogP contribution in [-0.2, 0) is 26.2 Å². The van der Waals surface area contributed by atoms with Crippen LogP contribution >= 0.6 is 0 Å². The predicted molar refractivity (Wildman–Crippen MR) is 192 cm³/mol. The first-order valence-corrected chi connectivity index (χ1v) is 15.9. The Morgan fingerprint density at radius 2 is 1.28 bits per heavy atom. The highest BCUT2D eigenvalue weighted by atomic mass is 16.5. The summed E-state index contributed by atoms with van der Waals surface area (Å²) in [5.41, 5.74) is 4.04. The van der Waals surface area contributed by atoms with Gasteiger partial charge in [-0.25, -0.2) is 9.59 Å². The van der Waals surface area contributed by atoms with Crippen LogP contribution in [0.1, 0.15) is 32.6 Å². The van der Waals surface area contributed by atoms with Crippen LogP contribution in [0.15, 0.2) is 140 Å². The van der Waals surface area contributed by atoms with E-state index in [1.807, 2.05) is 103 Å². The summed E-state index contributed by atoms with van der Waals surface area (Å²) in [5.74, 6) is -1.04. The molecule has 0 radical (unpaired) electrons. The number of nitrogens with one attached hydrogen (secondary N) is 3. The highest BCUT2D eigenvalue weighted by molar-refractivity contribution is 6.08. The fraction of sp³-hybridized carbons (Fsp3) is 0.125. The summed E-state index contributed by atoms with van der Waals surface area (Å²) in [6.07, 6.45) is 4.68. The Hall–Kier alpha value is -6.39. The van der Waals surface area contributed by atoms with E-state index in [-0.39, 0.29) is 17.7 Å². The van der Waals surface area contributed by atoms with E-state index in [2.05, 4.69) is 25.9 Å². The van der Waals surface area contributed by atoms with Gasteiger partial charge in [0.2, 0.25) is 0 Å². The average Bonchev–Trinajstić information content (AvgIpc) is 3.18. The average molecular weight is 666 g/mol. The molecule has 6 aromatic rings. The lowest BCUT2D eigenvalue weighted by molar-refractivity contribution is -0.143. The van der Waals surface area contributed by atoms with Crippen LogP contribution in [0.25, 0.3) is 10.9 Å². The molecule has 10 nitrogen and oxygen atoms in total. The summed E-state index contributed by atoms with van der Waals surface area (Å²) >= 11 is 0. The van der Waals surface area contributed by atoms with Crippen LogP contribution in [-0.4, -0.2) is 48.2 Å². The molecule has 10 heteroatoms. The molecular formula is C40H35N5O5. The molecule has 0 aliphatic heterocycles. The highest BCUT2D eigenvalue weighted by Gasteiger charge is 2.40. The lowest BCUT2D eigenvalue weighted by Gasteiger charge is -2.39. The van der Waals surface area contributed by atoms with Gasteiger partial charge in [-0.1, -0.05) is 103 Å². The Morgan fingerprint density at radius 3 is 1.86 bits per heavy atom. The predicted octanol–water partition coefficient (Wildman–Crippen LogP) is 6.73. The molecule has 0 aliphatic carbocycles. The van der Waals surface area contributed by atoms with Crippen molar-refractivity contribution in [2.24, 2.45) is 0 Å². The lowest BCUT2D eigenvalue weighted by Crippen LogP contribution is -2.53. The number of carbonyl (C=O) groups is 3. The zero-order chi connectivity index (χ0) is 34.9. The largest absolute Gasteiger partial charge is 0.468 e. The van der Waals surface area contributed by atoms with Crippen molar-refractivity contribution in [3.63, 3.8) is 0 Å². The number of carbonyl (C=O) groups excluding carboxylic acids is 3. The van der Waals surface area contributed by atoms with Crippen molar-refractivity contribution >= 4 is 40.2 Å². The summed E-state index contributed by atoms with van der Waals surface area (Å²) in [4.78, 5) is 47.6. The zero-order valence-corrected chi connectivity index (χ0v) is 27.5. The van der Waals surface area contributed by atoms with E-state index in [9.17, 15) is 14.4 Å². The Bertz CT molecular complexity index is 2010. The maximum Gasteiger partial charge on any atom is 0.340 e. The molecule has 3 N–H and O–H groups in total.